The van der Waals surface area contributed by atoms with Crippen LogP contribution < -0.4 is 20.1 Å². The maximum Gasteiger partial charge on any atom is 0.472 e. The number of esters is 2. The van der Waals surface area contributed by atoms with Gasteiger partial charge in [0.2, 0.25) is 11.8 Å². The van der Waals surface area contributed by atoms with Crippen LogP contribution in [0.1, 0.15) is 128 Å². The van der Waals surface area contributed by atoms with Crippen LogP contribution >= 0.6 is 7.82 Å². The summed E-state index contributed by atoms with van der Waals surface area (Å²) in [6, 6.07) is 17.9. The van der Waals surface area contributed by atoms with Gasteiger partial charge in [-0.15, -0.1) is 0 Å². The van der Waals surface area contributed by atoms with E-state index in [1.54, 1.807) is 6.20 Å². The highest BCUT2D eigenvalue weighted by Crippen LogP contribution is 2.43. The standard InChI is InChI=1S/C56H83N4O16P/c1-4-5-6-7-8-9-10-11-12-13-14-15-16-17-18-19-55(63)73-40-49(76-45(3)61)41-75-77(65,66)74-31-29-58-56(64)71-37-35-69-43-53(62)57-28-30-67-32-33-68-34-36-70-54-27-25-48(39-59-54)46-21-23-47(24-22-46)51-42-72-52-26-20-44(2)38-50(52)60-51/h20-27,38-39,49H,4-19,28-37,40-43H2,1-3H3,(H,57,62)(H,58,64)(H,65,66). The second-order valence-corrected chi connectivity index (χ2v) is 20.0. The van der Waals surface area contributed by atoms with Crippen molar-refractivity contribution in [2.45, 2.75) is 130 Å². The molecule has 1 aromatic heterocycles. The van der Waals surface area contributed by atoms with Crippen LogP contribution in [0.5, 0.6) is 11.6 Å². The summed E-state index contributed by atoms with van der Waals surface area (Å²) in [4.78, 5) is 67.2. The number of nitrogens with zero attached hydrogens (tertiary/aromatic N) is 2. The lowest BCUT2D eigenvalue weighted by Gasteiger charge is -2.19. The van der Waals surface area contributed by atoms with Crippen molar-refractivity contribution >= 4 is 43.2 Å². The molecule has 0 bridgehead atoms. The molecule has 3 N–H and O–H groups in total. The van der Waals surface area contributed by atoms with Gasteiger partial charge in [-0.1, -0.05) is 127 Å². The van der Waals surface area contributed by atoms with E-state index < -0.39 is 45.2 Å². The number of amides is 2. The van der Waals surface area contributed by atoms with Gasteiger partial charge < -0.3 is 53.4 Å². The Hall–Kier alpha value is -5.47. The summed E-state index contributed by atoms with van der Waals surface area (Å²) < 4.78 is 65.3. The number of alkyl carbamates (subject to hydrolysis) is 1. The molecule has 0 saturated heterocycles. The van der Waals surface area contributed by atoms with Gasteiger partial charge >= 0.3 is 25.9 Å². The van der Waals surface area contributed by atoms with Gasteiger partial charge in [0.05, 0.1) is 52.0 Å². The average molecular weight is 1100 g/mol. The first kappa shape index (κ1) is 64.1. The number of fused-ring (bicyclic) bond motifs is 1. The summed E-state index contributed by atoms with van der Waals surface area (Å²) >= 11 is 0. The molecular weight excluding hydrogens is 1020 g/mol. The molecule has 0 fully saturated rings. The van der Waals surface area contributed by atoms with Crippen LogP contribution in [0.15, 0.2) is 65.8 Å². The van der Waals surface area contributed by atoms with Gasteiger partial charge in [-0.2, -0.15) is 0 Å². The molecule has 20 nitrogen and oxygen atoms in total. The third-order valence-electron chi connectivity index (χ3n) is 11.9. The van der Waals surface area contributed by atoms with E-state index in [-0.39, 0.29) is 58.5 Å². The Morgan fingerprint density at radius 1 is 0.675 bits per heavy atom. The number of nitrogens with one attached hydrogen (secondary N) is 2. The third kappa shape index (κ3) is 29.7. The molecular formula is C56H83N4O16P. The second-order valence-electron chi connectivity index (χ2n) is 18.5. The fourth-order valence-corrected chi connectivity index (χ4v) is 8.58. The molecule has 2 unspecified atom stereocenters. The van der Waals surface area contributed by atoms with E-state index in [4.69, 9.17) is 51.9 Å². The Bertz CT molecular complexity index is 2230. The summed E-state index contributed by atoms with van der Waals surface area (Å²) in [5, 5.41) is 4.99. The zero-order chi connectivity index (χ0) is 55.2. The molecule has 4 rings (SSSR count). The van der Waals surface area contributed by atoms with E-state index in [1.807, 2.05) is 61.5 Å². The number of benzene rings is 2. The number of pyridine rings is 1. The number of phosphoric acid groups is 1. The fourth-order valence-electron chi connectivity index (χ4n) is 7.83. The third-order valence-corrected chi connectivity index (χ3v) is 12.9. The number of aliphatic imine (C=N–C) groups is 1. The Labute approximate surface area is 454 Å². The average Bonchev–Trinajstić information content (AvgIpc) is 3.42. The number of carbonyl (C=O) groups excluding carboxylic acids is 4. The fraction of sp³-hybridized carbons (Fsp3) is 0.607. The van der Waals surface area contributed by atoms with Gasteiger partial charge in [-0.25, -0.2) is 19.3 Å². The zero-order valence-electron chi connectivity index (χ0n) is 45.5. The Morgan fingerprint density at radius 3 is 1.97 bits per heavy atom. The molecule has 1 aliphatic heterocycles. The van der Waals surface area contributed by atoms with E-state index in [0.717, 1.165) is 65.6 Å². The van der Waals surface area contributed by atoms with Gasteiger partial charge in [0, 0.05) is 44.3 Å². The van der Waals surface area contributed by atoms with Gasteiger partial charge in [0.25, 0.3) is 0 Å². The van der Waals surface area contributed by atoms with Crippen LogP contribution in [0.3, 0.4) is 0 Å². The quantitative estimate of drug-likeness (QED) is 0.0206. The van der Waals surface area contributed by atoms with Crippen molar-refractivity contribution in [2.24, 2.45) is 4.99 Å². The molecule has 0 aliphatic carbocycles. The highest BCUT2D eigenvalue weighted by molar-refractivity contribution is 7.47. The summed E-state index contributed by atoms with van der Waals surface area (Å²) in [5.41, 5.74) is 5.83. The molecule has 3 aromatic rings. The van der Waals surface area contributed by atoms with Crippen molar-refractivity contribution in [3.8, 4) is 22.8 Å². The Balaban J connectivity index is 0.904. The van der Waals surface area contributed by atoms with Crippen molar-refractivity contribution in [2.75, 3.05) is 92.4 Å². The van der Waals surface area contributed by atoms with Crippen LogP contribution in [-0.4, -0.2) is 138 Å². The Kier molecular flexibility index (Phi) is 32.4. The van der Waals surface area contributed by atoms with Crippen molar-refractivity contribution in [3.63, 3.8) is 0 Å². The molecule has 0 saturated carbocycles. The van der Waals surface area contributed by atoms with Crippen molar-refractivity contribution < 1.29 is 75.6 Å². The monoisotopic (exact) mass is 1100 g/mol. The summed E-state index contributed by atoms with van der Waals surface area (Å²) in [6.07, 6.45) is 18.2. The number of aryl methyl sites for hydroxylation is 1. The minimum Gasteiger partial charge on any atom is -0.485 e. The lowest BCUT2D eigenvalue weighted by Crippen LogP contribution is -2.32. The smallest absolute Gasteiger partial charge is 0.472 e. The summed E-state index contributed by atoms with van der Waals surface area (Å²) in [7, 11) is -4.63. The number of phosphoric ester groups is 1. The zero-order valence-corrected chi connectivity index (χ0v) is 46.4. The van der Waals surface area contributed by atoms with Gasteiger partial charge in [0.1, 0.15) is 44.5 Å². The first-order valence-corrected chi connectivity index (χ1v) is 28.8. The maximum atomic E-state index is 12.4. The number of hydrogen-bond acceptors (Lipinski definition) is 17. The number of unbranched alkanes of at least 4 members (excludes halogenated alkanes) is 14. The van der Waals surface area contributed by atoms with Gasteiger partial charge in [-0.05, 0) is 48.2 Å². The van der Waals surface area contributed by atoms with Crippen LogP contribution in [0, 0.1) is 6.92 Å². The first-order valence-electron chi connectivity index (χ1n) is 27.3. The topological polar surface area (TPSA) is 247 Å². The maximum absolute atomic E-state index is 12.4. The number of carbonyl (C=O) groups is 4. The molecule has 2 amide bonds. The van der Waals surface area contributed by atoms with Crippen LogP contribution in [0.25, 0.3) is 11.1 Å². The molecule has 2 heterocycles. The largest absolute Gasteiger partial charge is 0.485 e. The predicted octanol–water partition coefficient (Wildman–Crippen LogP) is 9.71. The highest BCUT2D eigenvalue weighted by Gasteiger charge is 2.26. The van der Waals surface area contributed by atoms with Gasteiger partial charge in [0.15, 0.2) is 6.10 Å². The molecule has 428 valence electrons. The minimum atomic E-state index is -4.63. The molecule has 0 radical (unpaired) electrons. The van der Waals surface area contributed by atoms with Crippen LogP contribution in [0.4, 0.5) is 10.5 Å². The highest BCUT2D eigenvalue weighted by atomic mass is 31.2. The number of rotatable bonds is 43. The minimum absolute atomic E-state index is 0.0625. The van der Waals surface area contributed by atoms with Gasteiger partial charge in [-0.3, -0.25) is 23.4 Å². The van der Waals surface area contributed by atoms with Crippen molar-refractivity contribution in [3.05, 3.63) is 71.9 Å². The molecule has 77 heavy (non-hydrogen) atoms. The van der Waals surface area contributed by atoms with E-state index in [1.165, 1.54) is 70.6 Å². The van der Waals surface area contributed by atoms with E-state index in [2.05, 4.69) is 22.5 Å². The molecule has 2 atom stereocenters. The van der Waals surface area contributed by atoms with E-state index in [0.29, 0.717) is 45.3 Å². The van der Waals surface area contributed by atoms with E-state index in [9.17, 15) is 28.6 Å². The van der Waals surface area contributed by atoms with Crippen LogP contribution in [-0.2, 0) is 56.4 Å². The van der Waals surface area contributed by atoms with Crippen molar-refractivity contribution in [1.29, 1.82) is 0 Å². The van der Waals surface area contributed by atoms with Crippen molar-refractivity contribution in [1.82, 2.24) is 15.6 Å². The molecule has 2 aromatic carbocycles. The van der Waals surface area contributed by atoms with Crippen LogP contribution in [0.2, 0.25) is 0 Å². The molecule has 1 aliphatic rings. The number of aromatic nitrogens is 1. The second kappa shape index (κ2) is 39.0. The molecule has 0 spiro atoms. The van der Waals surface area contributed by atoms with E-state index >= 15 is 0 Å². The SMILES string of the molecule is CCCCCCCCCCCCCCCCCC(=O)OCC(COP(=O)(O)OCCNC(=O)OCCOCC(=O)NCCOCCOCCOc1ccc(-c2ccc(C3=Nc4cc(C)ccc4OC3)cc2)cn1)OC(C)=O. The lowest BCUT2D eigenvalue weighted by atomic mass is 10.0. The predicted molar refractivity (Wildman–Crippen MR) is 291 cm³/mol. The Morgan fingerprint density at radius 2 is 1.30 bits per heavy atom. The first-order chi connectivity index (χ1) is 37.4. The number of ether oxygens (including phenoxy) is 8. The summed E-state index contributed by atoms with van der Waals surface area (Å²) in [6.45, 7) is 5.62. The normalized spacial score (nSPS) is 13.1. The summed E-state index contributed by atoms with van der Waals surface area (Å²) in [5.74, 6) is -0.259. The lowest BCUT2D eigenvalue weighted by molar-refractivity contribution is -0.159. The molecule has 21 heteroatoms. The number of hydrogen-bond donors (Lipinski definition) is 3.